The zero-order valence-corrected chi connectivity index (χ0v) is 23.2. The van der Waals surface area contributed by atoms with Crippen LogP contribution in [0.15, 0.2) is 133 Å². The van der Waals surface area contributed by atoms with Crippen LogP contribution >= 0.6 is 11.8 Å². The summed E-state index contributed by atoms with van der Waals surface area (Å²) < 4.78 is 12.4. The van der Waals surface area contributed by atoms with Crippen molar-refractivity contribution in [2.45, 2.75) is 4.90 Å². The summed E-state index contributed by atoms with van der Waals surface area (Å²) in [5.41, 5.74) is 5.10. The molecule has 0 bridgehead atoms. The molecule has 0 atom stereocenters. The average Bonchev–Trinajstić information content (AvgIpc) is 3.44. The lowest BCUT2D eigenvalue weighted by molar-refractivity contribution is 0.481. The Morgan fingerprint density at radius 3 is 2.20 bits per heavy atom. The number of nitrogens with zero attached hydrogens (tertiary/aromatic N) is 3. The van der Waals surface area contributed by atoms with Crippen LogP contribution in [-0.4, -0.2) is 29.9 Å². The van der Waals surface area contributed by atoms with Crippen LogP contribution in [0, 0.1) is 0 Å². The zero-order chi connectivity index (χ0) is 27.3. The molecule has 2 heterocycles. The first-order valence-corrected chi connectivity index (χ1v) is 14.3. The van der Waals surface area contributed by atoms with Gasteiger partial charge in [-0.2, -0.15) is 0 Å². The van der Waals surface area contributed by atoms with Gasteiger partial charge in [-0.15, -0.1) is 11.8 Å². The number of aromatic nitrogens is 1. The molecule has 0 saturated heterocycles. The van der Waals surface area contributed by atoms with Gasteiger partial charge in [0.25, 0.3) is 0 Å². The van der Waals surface area contributed by atoms with Crippen molar-refractivity contribution >= 4 is 17.4 Å². The third kappa shape index (κ3) is 5.98. The maximum Gasteiger partial charge on any atom is 0.129 e. The molecule has 6 heteroatoms. The second kappa shape index (κ2) is 11.6. The maximum absolute atomic E-state index is 6.27. The molecule has 0 unspecified atom stereocenters. The molecule has 1 aliphatic rings. The average molecular weight is 544 g/mol. The Labute approximate surface area is 239 Å². The highest BCUT2D eigenvalue weighted by Crippen LogP contribution is 2.35. The fraction of sp³-hybridized carbons (Fsp3) is 0.0882. The van der Waals surface area contributed by atoms with E-state index < -0.39 is 0 Å². The lowest BCUT2D eigenvalue weighted by atomic mass is 10.0. The first kappa shape index (κ1) is 25.6. The van der Waals surface area contributed by atoms with Gasteiger partial charge in [0.15, 0.2) is 0 Å². The highest BCUT2D eigenvalue weighted by molar-refractivity contribution is 7.98. The van der Waals surface area contributed by atoms with Crippen LogP contribution in [-0.2, 0) is 0 Å². The number of benzene rings is 4. The maximum atomic E-state index is 6.27. The summed E-state index contributed by atoms with van der Waals surface area (Å²) in [6, 6.07) is 36.5. The van der Waals surface area contributed by atoms with E-state index in [4.69, 9.17) is 9.47 Å². The number of hydrogen-bond donors (Lipinski definition) is 0. The predicted octanol–water partition coefficient (Wildman–Crippen LogP) is 8.90. The molecule has 1 aromatic heterocycles. The molecule has 6 rings (SSSR count). The van der Waals surface area contributed by atoms with Gasteiger partial charge in [-0.25, -0.2) is 0 Å². The fourth-order valence-electron chi connectivity index (χ4n) is 4.59. The zero-order valence-electron chi connectivity index (χ0n) is 22.4. The van der Waals surface area contributed by atoms with Crippen molar-refractivity contribution in [3.8, 4) is 45.4 Å². The molecule has 1 aliphatic heterocycles. The van der Waals surface area contributed by atoms with Gasteiger partial charge in [-0.3, -0.25) is 4.98 Å². The van der Waals surface area contributed by atoms with E-state index in [2.05, 4.69) is 83.0 Å². The van der Waals surface area contributed by atoms with Crippen LogP contribution in [0.1, 0.15) is 0 Å². The van der Waals surface area contributed by atoms with E-state index in [0.29, 0.717) is 0 Å². The summed E-state index contributed by atoms with van der Waals surface area (Å²) in [7, 11) is 2.06. The molecule has 4 aromatic carbocycles. The largest absolute Gasteiger partial charge is 0.457 e. The fourth-order valence-corrected chi connectivity index (χ4v) is 5.06. The Morgan fingerprint density at radius 2 is 1.40 bits per heavy atom. The van der Waals surface area contributed by atoms with Gasteiger partial charge in [-0.05, 0) is 84.1 Å². The van der Waals surface area contributed by atoms with Crippen molar-refractivity contribution < 1.29 is 9.47 Å². The highest BCUT2D eigenvalue weighted by atomic mass is 32.2. The molecule has 0 spiro atoms. The second-order valence-electron chi connectivity index (χ2n) is 9.54. The minimum atomic E-state index is 0.763. The molecular weight excluding hydrogens is 514 g/mol. The van der Waals surface area contributed by atoms with Gasteiger partial charge in [0.05, 0.1) is 12.4 Å². The summed E-state index contributed by atoms with van der Waals surface area (Å²) in [5, 5.41) is 0. The van der Waals surface area contributed by atoms with E-state index in [1.807, 2.05) is 72.9 Å². The summed E-state index contributed by atoms with van der Waals surface area (Å²) in [6.07, 6.45) is 8.06. The molecule has 5 nitrogen and oxygen atoms in total. The highest BCUT2D eigenvalue weighted by Gasteiger charge is 2.12. The molecule has 0 radical (unpaired) electrons. The van der Waals surface area contributed by atoms with Crippen LogP contribution in [0.4, 0.5) is 5.69 Å². The molecule has 0 aliphatic carbocycles. The summed E-state index contributed by atoms with van der Waals surface area (Å²) in [4.78, 5) is 10.1. The molecule has 0 saturated carbocycles. The van der Waals surface area contributed by atoms with Crippen molar-refractivity contribution in [3.05, 3.63) is 128 Å². The predicted molar refractivity (Wildman–Crippen MR) is 164 cm³/mol. The summed E-state index contributed by atoms with van der Waals surface area (Å²) in [6.45, 7) is 0.820. The summed E-state index contributed by atoms with van der Waals surface area (Å²) >= 11 is 1.69. The minimum Gasteiger partial charge on any atom is -0.457 e. The standard InChI is InChI=1S/C34H29N3O2S/c1-36-16-17-37(24-36)28-9-7-13-31(22-28)39-30-12-6-8-26(18-30)34-21-25(14-15-35-34)27-19-32(23-33(20-27)40-2)38-29-10-4-3-5-11-29/h3-23H,24H2,1-2H3. The quantitative estimate of drug-likeness (QED) is 0.182. The second-order valence-corrected chi connectivity index (χ2v) is 10.4. The third-order valence-electron chi connectivity index (χ3n) is 6.58. The Bertz CT molecular complexity index is 1650. The molecular formula is C34H29N3O2S. The number of anilines is 1. The third-order valence-corrected chi connectivity index (χ3v) is 7.29. The topological polar surface area (TPSA) is 37.8 Å². The van der Waals surface area contributed by atoms with Crippen LogP contribution in [0.5, 0.6) is 23.0 Å². The van der Waals surface area contributed by atoms with Gasteiger partial charge in [0.1, 0.15) is 23.0 Å². The number of para-hydroxylation sites is 1. The number of rotatable bonds is 8. The monoisotopic (exact) mass is 543 g/mol. The van der Waals surface area contributed by atoms with Crippen LogP contribution < -0.4 is 14.4 Å². The number of ether oxygens (including phenoxy) is 2. The first-order chi connectivity index (χ1) is 19.6. The summed E-state index contributed by atoms with van der Waals surface area (Å²) in [5.74, 6) is 3.17. The molecule has 0 amide bonds. The van der Waals surface area contributed by atoms with E-state index in [9.17, 15) is 0 Å². The Morgan fingerprint density at radius 1 is 0.650 bits per heavy atom. The lowest BCUT2D eigenvalue weighted by Crippen LogP contribution is -2.21. The van der Waals surface area contributed by atoms with Gasteiger partial charge in [0.2, 0.25) is 0 Å². The van der Waals surface area contributed by atoms with E-state index in [1.165, 1.54) is 0 Å². The Kier molecular flexibility index (Phi) is 7.42. The Balaban J connectivity index is 1.25. The van der Waals surface area contributed by atoms with Gasteiger partial charge in [-0.1, -0.05) is 36.4 Å². The molecule has 198 valence electrons. The van der Waals surface area contributed by atoms with Crippen LogP contribution in [0.3, 0.4) is 0 Å². The van der Waals surface area contributed by atoms with Crippen molar-refractivity contribution in [2.24, 2.45) is 0 Å². The number of hydrogen-bond acceptors (Lipinski definition) is 6. The normalized spacial score (nSPS) is 12.6. The van der Waals surface area contributed by atoms with Crippen molar-refractivity contribution in [1.29, 1.82) is 0 Å². The van der Waals surface area contributed by atoms with Crippen molar-refractivity contribution in [3.63, 3.8) is 0 Å². The molecule has 40 heavy (non-hydrogen) atoms. The number of pyridine rings is 1. The lowest BCUT2D eigenvalue weighted by Gasteiger charge is -2.19. The minimum absolute atomic E-state index is 0.763. The molecule has 0 N–H and O–H groups in total. The van der Waals surface area contributed by atoms with Crippen molar-refractivity contribution in [2.75, 3.05) is 24.9 Å². The van der Waals surface area contributed by atoms with Gasteiger partial charge < -0.3 is 19.3 Å². The van der Waals surface area contributed by atoms with E-state index >= 15 is 0 Å². The molecule has 0 fully saturated rings. The van der Waals surface area contributed by atoms with E-state index in [-0.39, 0.29) is 0 Å². The SMILES string of the molecule is CSc1cc(Oc2ccccc2)cc(-c2ccnc(-c3cccc(Oc4cccc(N5C=CN(C)C5)c4)c3)c2)c1. The van der Waals surface area contributed by atoms with Crippen LogP contribution in [0.2, 0.25) is 0 Å². The van der Waals surface area contributed by atoms with E-state index in [0.717, 1.165) is 62.6 Å². The first-order valence-electron chi connectivity index (χ1n) is 13.0. The van der Waals surface area contributed by atoms with Crippen molar-refractivity contribution in [1.82, 2.24) is 9.88 Å². The van der Waals surface area contributed by atoms with Gasteiger partial charge in [0, 0.05) is 47.9 Å². The van der Waals surface area contributed by atoms with Crippen LogP contribution in [0.25, 0.3) is 22.4 Å². The number of thioether (sulfide) groups is 1. The van der Waals surface area contributed by atoms with E-state index in [1.54, 1.807) is 11.8 Å². The smallest absolute Gasteiger partial charge is 0.129 e. The Hall–Kier alpha value is -4.68. The van der Waals surface area contributed by atoms with Gasteiger partial charge >= 0.3 is 0 Å². The molecule has 5 aromatic rings.